The Morgan fingerprint density at radius 2 is 1.73 bits per heavy atom. The van der Waals surface area contributed by atoms with Crippen molar-refractivity contribution in [2.75, 3.05) is 44.2 Å². The number of rotatable bonds is 6. The second kappa shape index (κ2) is 11.6. The van der Waals surface area contributed by atoms with E-state index in [1.807, 2.05) is 0 Å². The number of guanidine groups is 1. The van der Waals surface area contributed by atoms with Crippen LogP contribution in [0, 0.1) is 0 Å². The van der Waals surface area contributed by atoms with E-state index >= 15 is 0 Å². The highest BCUT2D eigenvalue weighted by atomic mass is 127. The second-order valence-corrected chi connectivity index (χ2v) is 7.26. The summed E-state index contributed by atoms with van der Waals surface area (Å²) in [7, 11) is 0. The van der Waals surface area contributed by atoms with Crippen LogP contribution in [0.15, 0.2) is 35.3 Å². The predicted molar refractivity (Wildman–Crippen MR) is 122 cm³/mol. The van der Waals surface area contributed by atoms with Crippen molar-refractivity contribution in [2.45, 2.75) is 44.6 Å². The fourth-order valence-electron chi connectivity index (χ4n) is 3.86. The lowest BCUT2D eigenvalue weighted by Gasteiger charge is -2.36. The van der Waals surface area contributed by atoms with Crippen LogP contribution < -0.4 is 16.0 Å². The number of benzene rings is 1. The molecule has 2 fully saturated rings. The quantitative estimate of drug-likeness (QED) is 0.290. The Morgan fingerprint density at radius 1 is 1.04 bits per heavy atom. The van der Waals surface area contributed by atoms with Gasteiger partial charge >= 0.3 is 0 Å². The lowest BCUT2D eigenvalue weighted by atomic mass is 9.96. The summed E-state index contributed by atoms with van der Waals surface area (Å²) in [5.41, 5.74) is 7.37. The summed E-state index contributed by atoms with van der Waals surface area (Å²) < 4.78 is 0. The molecule has 1 saturated heterocycles. The van der Waals surface area contributed by atoms with Gasteiger partial charge in [-0.3, -0.25) is 9.89 Å². The highest BCUT2D eigenvalue weighted by molar-refractivity contribution is 14.0. The maximum Gasteiger partial charge on any atom is 0.188 e. The second-order valence-electron chi connectivity index (χ2n) is 7.26. The smallest absolute Gasteiger partial charge is 0.188 e. The van der Waals surface area contributed by atoms with Crippen LogP contribution in [0.3, 0.4) is 0 Å². The Bertz CT molecular complexity index is 522. The molecule has 0 aromatic heterocycles. The van der Waals surface area contributed by atoms with Crippen molar-refractivity contribution in [2.24, 2.45) is 10.7 Å². The number of piperazine rings is 1. The van der Waals surface area contributed by atoms with Crippen molar-refractivity contribution in [3.63, 3.8) is 0 Å². The predicted octanol–water partition coefficient (Wildman–Crippen LogP) is 3.05. The molecule has 26 heavy (non-hydrogen) atoms. The van der Waals surface area contributed by atoms with E-state index in [9.17, 15) is 0 Å². The average molecular weight is 471 g/mol. The van der Waals surface area contributed by atoms with E-state index in [1.54, 1.807) is 0 Å². The van der Waals surface area contributed by atoms with Gasteiger partial charge in [-0.25, -0.2) is 0 Å². The normalized spacial score (nSPS) is 19.8. The highest BCUT2D eigenvalue weighted by Gasteiger charge is 2.16. The van der Waals surface area contributed by atoms with Gasteiger partial charge < -0.3 is 16.0 Å². The van der Waals surface area contributed by atoms with Gasteiger partial charge in [0, 0.05) is 51.0 Å². The molecule has 0 atom stereocenters. The van der Waals surface area contributed by atoms with Crippen molar-refractivity contribution < 1.29 is 0 Å². The zero-order chi connectivity index (χ0) is 17.3. The summed E-state index contributed by atoms with van der Waals surface area (Å²) in [6, 6.07) is 11.3. The molecule has 0 unspecified atom stereocenters. The molecule has 0 amide bonds. The minimum Gasteiger partial charge on any atom is -0.370 e. The number of halogens is 1. The molecule has 1 aromatic carbocycles. The van der Waals surface area contributed by atoms with Gasteiger partial charge in [0.15, 0.2) is 5.96 Å². The molecular weight excluding hydrogens is 437 g/mol. The molecule has 146 valence electrons. The van der Waals surface area contributed by atoms with Crippen LogP contribution in [0.25, 0.3) is 0 Å². The first-order valence-electron chi connectivity index (χ1n) is 9.90. The zero-order valence-electron chi connectivity index (χ0n) is 15.8. The third kappa shape index (κ3) is 6.95. The molecule has 2 aliphatic rings. The number of hydrogen-bond acceptors (Lipinski definition) is 3. The molecule has 3 rings (SSSR count). The van der Waals surface area contributed by atoms with Crippen LogP contribution in [0.4, 0.5) is 5.69 Å². The van der Waals surface area contributed by atoms with E-state index in [1.165, 1.54) is 37.8 Å². The van der Waals surface area contributed by atoms with Gasteiger partial charge in [0.25, 0.3) is 0 Å². The summed E-state index contributed by atoms with van der Waals surface area (Å²) in [6.07, 6.45) is 7.56. The van der Waals surface area contributed by atoms with E-state index in [0.717, 1.165) is 45.7 Å². The fourth-order valence-corrected chi connectivity index (χ4v) is 3.86. The largest absolute Gasteiger partial charge is 0.370 e. The average Bonchev–Trinajstić information content (AvgIpc) is 2.67. The van der Waals surface area contributed by atoms with E-state index in [0.29, 0.717) is 12.0 Å². The topological polar surface area (TPSA) is 56.9 Å². The van der Waals surface area contributed by atoms with Crippen molar-refractivity contribution in [3.05, 3.63) is 30.3 Å². The van der Waals surface area contributed by atoms with Gasteiger partial charge in [-0.2, -0.15) is 0 Å². The van der Waals surface area contributed by atoms with Crippen molar-refractivity contribution in [1.82, 2.24) is 10.2 Å². The zero-order valence-corrected chi connectivity index (χ0v) is 18.1. The van der Waals surface area contributed by atoms with Crippen LogP contribution >= 0.6 is 24.0 Å². The third-order valence-corrected chi connectivity index (χ3v) is 5.37. The molecule has 1 heterocycles. The monoisotopic (exact) mass is 471 g/mol. The Labute approximate surface area is 175 Å². The molecule has 6 heteroatoms. The number of nitrogens with one attached hydrogen (secondary N) is 1. The Hall–Kier alpha value is -1.02. The Kier molecular flexibility index (Phi) is 9.53. The number of hydrogen-bond donors (Lipinski definition) is 2. The first-order chi connectivity index (χ1) is 12.3. The molecule has 0 bridgehead atoms. The minimum absolute atomic E-state index is 0. The summed E-state index contributed by atoms with van der Waals surface area (Å²) >= 11 is 0. The number of nitrogens with zero attached hydrogens (tertiary/aromatic N) is 3. The molecule has 1 aliphatic heterocycles. The van der Waals surface area contributed by atoms with Gasteiger partial charge in [-0.15, -0.1) is 24.0 Å². The maximum atomic E-state index is 6.02. The molecule has 0 radical (unpaired) electrons. The minimum atomic E-state index is 0. The molecule has 0 spiro atoms. The van der Waals surface area contributed by atoms with Crippen molar-refractivity contribution in [3.8, 4) is 0 Å². The van der Waals surface area contributed by atoms with E-state index in [2.05, 4.69) is 50.4 Å². The molecular formula is C20H34IN5. The number of nitrogens with two attached hydrogens (primary N) is 1. The van der Waals surface area contributed by atoms with Crippen LogP contribution in [0.2, 0.25) is 0 Å². The van der Waals surface area contributed by atoms with Gasteiger partial charge in [-0.05, 0) is 31.4 Å². The van der Waals surface area contributed by atoms with E-state index in [-0.39, 0.29) is 24.0 Å². The molecule has 1 aliphatic carbocycles. The molecule has 3 N–H and O–H groups in total. The summed E-state index contributed by atoms with van der Waals surface area (Å²) in [4.78, 5) is 9.53. The summed E-state index contributed by atoms with van der Waals surface area (Å²) in [5.74, 6) is 0.640. The molecule has 1 aromatic rings. The number of anilines is 1. The Balaban J connectivity index is 0.00000243. The summed E-state index contributed by atoms with van der Waals surface area (Å²) in [5, 5.41) is 3.39. The molecule has 5 nitrogen and oxygen atoms in total. The SMILES string of the molecule is I.NC(=NCCCN1CCN(c2ccccc2)CC1)NC1CCCCC1. The maximum absolute atomic E-state index is 6.02. The highest BCUT2D eigenvalue weighted by Crippen LogP contribution is 2.17. The first-order valence-corrected chi connectivity index (χ1v) is 9.90. The van der Waals surface area contributed by atoms with Crippen LogP contribution in [0.1, 0.15) is 38.5 Å². The van der Waals surface area contributed by atoms with E-state index in [4.69, 9.17) is 5.73 Å². The number of para-hydroxylation sites is 1. The van der Waals surface area contributed by atoms with Crippen molar-refractivity contribution >= 4 is 35.6 Å². The van der Waals surface area contributed by atoms with Crippen LogP contribution in [-0.2, 0) is 0 Å². The standard InChI is InChI=1S/C20H33N5.HI/c21-20(23-18-8-3-1-4-9-18)22-12-7-13-24-14-16-25(17-15-24)19-10-5-2-6-11-19;/h2,5-6,10-11,18H,1,3-4,7-9,12-17H2,(H3,21,22,23);1H. The summed E-state index contributed by atoms with van der Waals surface area (Å²) in [6.45, 7) is 6.42. The third-order valence-electron chi connectivity index (χ3n) is 5.37. The van der Waals surface area contributed by atoms with Gasteiger partial charge in [0.1, 0.15) is 0 Å². The van der Waals surface area contributed by atoms with Gasteiger partial charge in [0.05, 0.1) is 0 Å². The first kappa shape index (κ1) is 21.3. The lowest BCUT2D eigenvalue weighted by molar-refractivity contribution is 0.256. The van der Waals surface area contributed by atoms with Crippen molar-refractivity contribution in [1.29, 1.82) is 0 Å². The van der Waals surface area contributed by atoms with Crippen LogP contribution in [0.5, 0.6) is 0 Å². The Morgan fingerprint density at radius 3 is 2.42 bits per heavy atom. The fraction of sp³-hybridized carbons (Fsp3) is 0.650. The van der Waals surface area contributed by atoms with Gasteiger partial charge in [-0.1, -0.05) is 37.5 Å². The van der Waals surface area contributed by atoms with E-state index < -0.39 is 0 Å². The number of aliphatic imine (C=N–C) groups is 1. The van der Waals surface area contributed by atoms with Crippen LogP contribution in [-0.4, -0.2) is 56.2 Å². The lowest BCUT2D eigenvalue weighted by Crippen LogP contribution is -2.46. The molecule has 1 saturated carbocycles. The van der Waals surface area contributed by atoms with Gasteiger partial charge in [0.2, 0.25) is 0 Å².